The fourth-order valence-corrected chi connectivity index (χ4v) is 8.70. The molecule has 6 rings (SSSR count). The van der Waals surface area contributed by atoms with E-state index in [1.165, 1.54) is 52.3 Å². The predicted molar refractivity (Wildman–Crippen MR) is 181 cm³/mol. The van der Waals surface area contributed by atoms with Crippen LogP contribution in [0.25, 0.3) is 33.3 Å². The highest BCUT2D eigenvalue weighted by Crippen LogP contribution is 2.44. The molecule has 1 fully saturated rings. The van der Waals surface area contributed by atoms with Crippen LogP contribution in [0.2, 0.25) is 0 Å². The molecule has 0 radical (unpaired) electrons. The summed E-state index contributed by atoms with van der Waals surface area (Å²) in [7, 11) is -1.31. The molecule has 4 heterocycles. The van der Waals surface area contributed by atoms with E-state index in [2.05, 4.69) is 31.3 Å². The topological polar surface area (TPSA) is 161 Å². The Bertz CT molecular complexity index is 2290. The zero-order chi connectivity index (χ0) is 35.6. The molecule has 1 aliphatic carbocycles. The minimum atomic E-state index is -4.38. The Morgan fingerprint density at radius 3 is 2.45 bits per heavy atom. The lowest BCUT2D eigenvalue weighted by Crippen LogP contribution is -2.44. The SMILES string of the molecule is CC(=O)CO[C@@H]1C[C@@H](n2c(=O)n(C)c3cnc4c(c(Br)c(-c5cn(C)nc5F)n4S(=O)(=O)c4ccccc4)c32)C[C@@H]1NC(=O)OC(C)(C)C. The van der Waals surface area contributed by atoms with Crippen LogP contribution in [0.3, 0.4) is 0 Å². The van der Waals surface area contributed by atoms with Crippen LogP contribution in [0, 0.1) is 5.95 Å². The number of carbonyl (C=O) groups is 2. The number of ketones is 1. The van der Waals surface area contributed by atoms with Gasteiger partial charge < -0.3 is 14.8 Å². The predicted octanol–water partition coefficient (Wildman–Crippen LogP) is 4.43. The number of nitrogens with zero attached hydrogens (tertiary/aromatic N) is 6. The minimum Gasteiger partial charge on any atom is -0.444 e. The summed E-state index contributed by atoms with van der Waals surface area (Å²) in [6.07, 6.45) is 1.86. The Kier molecular flexibility index (Phi) is 8.81. The summed E-state index contributed by atoms with van der Waals surface area (Å²) in [5.41, 5.74) is -0.700. The van der Waals surface area contributed by atoms with Crippen molar-refractivity contribution in [1.82, 2.24) is 33.2 Å². The molecule has 1 aliphatic rings. The van der Waals surface area contributed by atoms with Crippen LogP contribution in [-0.2, 0) is 38.4 Å². The fourth-order valence-electron chi connectivity index (χ4n) is 6.32. The third-order valence-electron chi connectivity index (χ3n) is 8.30. The minimum absolute atomic E-state index is 0.0494. The summed E-state index contributed by atoms with van der Waals surface area (Å²) in [5.74, 6) is -1.12. The number of ether oxygens (including phenoxy) is 2. The maximum absolute atomic E-state index is 15.4. The van der Waals surface area contributed by atoms with E-state index >= 15 is 4.39 Å². The van der Waals surface area contributed by atoms with Gasteiger partial charge in [0.1, 0.15) is 12.2 Å². The Morgan fingerprint density at radius 1 is 1.14 bits per heavy atom. The first-order chi connectivity index (χ1) is 23.0. The number of imidazole rings is 1. The number of amides is 1. The largest absolute Gasteiger partial charge is 0.444 e. The Hall–Kier alpha value is -4.35. The van der Waals surface area contributed by atoms with Crippen molar-refractivity contribution in [2.45, 2.75) is 69.2 Å². The molecular weight excluding hydrogens is 725 g/mol. The van der Waals surface area contributed by atoms with E-state index in [0.29, 0.717) is 11.0 Å². The molecule has 49 heavy (non-hydrogen) atoms. The first kappa shape index (κ1) is 34.5. The van der Waals surface area contributed by atoms with Crippen molar-refractivity contribution in [2.75, 3.05) is 6.61 Å². The van der Waals surface area contributed by atoms with Crippen LogP contribution in [0.4, 0.5) is 9.18 Å². The fraction of sp³-hybridized carbons (Fsp3) is 0.406. The van der Waals surface area contributed by atoms with E-state index in [9.17, 15) is 22.8 Å². The molecule has 14 nitrogen and oxygen atoms in total. The van der Waals surface area contributed by atoms with Gasteiger partial charge in [-0.05, 0) is 68.6 Å². The summed E-state index contributed by atoms with van der Waals surface area (Å²) < 4.78 is 60.7. The molecule has 1 N–H and O–H groups in total. The molecule has 1 saturated carbocycles. The molecule has 1 aromatic carbocycles. The van der Waals surface area contributed by atoms with Gasteiger partial charge in [0.05, 0.1) is 55.4 Å². The van der Waals surface area contributed by atoms with Gasteiger partial charge >= 0.3 is 11.8 Å². The molecule has 4 aromatic heterocycles. The van der Waals surface area contributed by atoms with Crippen LogP contribution >= 0.6 is 15.9 Å². The van der Waals surface area contributed by atoms with E-state index in [-0.39, 0.29) is 56.9 Å². The summed E-state index contributed by atoms with van der Waals surface area (Å²) in [4.78, 5) is 43.2. The number of halogens is 2. The van der Waals surface area contributed by atoms with E-state index in [4.69, 9.17) is 9.47 Å². The number of Topliss-reactive ketones (excluding diaryl/α,β-unsaturated/α-hetero) is 1. The standard InChI is InChI=1S/C32H35BrFN7O7S/c1-17(42)16-47-23-13-18(12-21(23)36-30(43)48-32(2,3)4)40-27-22(39(6)31(40)44)14-35-29-24(27)25(33)26(20-15-38(5)37-28(20)34)41(29)49(45,46)19-10-8-7-9-11-19/h7-11,14-15,18,21,23H,12-13,16H2,1-6H3,(H,36,43)/t18-,21-,23+/m0/s1. The first-order valence-electron chi connectivity index (χ1n) is 15.4. The molecule has 0 spiro atoms. The number of pyridine rings is 1. The quantitative estimate of drug-likeness (QED) is 0.241. The summed E-state index contributed by atoms with van der Waals surface area (Å²) in [5, 5.41) is 6.89. The smallest absolute Gasteiger partial charge is 0.407 e. The lowest BCUT2D eigenvalue weighted by molar-refractivity contribution is -0.123. The molecule has 0 unspecified atom stereocenters. The molecule has 3 atom stereocenters. The molecular formula is C32H35BrFN7O7S. The molecule has 5 aromatic rings. The van der Waals surface area contributed by atoms with Crippen molar-refractivity contribution in [3.8, 4) is 11.3 Å². The zero-order valence-corrected chi connectivity index (χ0v) is 30.0. The summed E-state index contributed by atoms with van der Waals surface area (Å²) in [6.45, 7) is 6.38. The van der Waals surface area contributed by atoms with Crippen molar-refractivity contribution < 1.29 is 31.9 Å². The van der Waals surface area contributed by atoms with E-state index in [1.807, 2.05) is 0 Å². The number of aromatic nitrogens is 6. The number of carbonyl (C=O) groups excluding carboxylic acids is 2. The van der Waals surface area contributed by atoms with E-state index in [1.54, 1.807) is 46.0 Å². The third-order valence-corrected chi connectivity index (χ3v) is 10.8. The second-order valence-electron chi connectivity index (χ2n) is 13.1. The van der Waals surface area contributed by atoms with Crippen LogP contribution in [0.1, 0.15) is 46.6 Å². The van der Waals surface area contributed by atoms with Crippen molar-refractivity contribution >= 4 is 59.9 Å². The summed E-state index contributed by atoms with van der Waals surface area (Å²) in [6, 6.07) is 6.45. The van der Waals surface area contributed by atoms with Crippen LogP contribution in [-0.4, -0.2) is 72.5 Å². The van der Waals surface area contributed by atoms with Crippen LogP contribution < -0.4 is 11.0 Å². The van der Waals surface area contributed by atoms with Gasteiger partial charge in [0.25, 0.3) is 10.0 Å². The van der Waals surface area contributed by atoms with Crippen molar-refractivity contribution in [2.24, 2.45) is 14.1 Å². The number of rotatable bonds is 8. The van der Waals surface area contributed by atoms with Gasteiger partial charge in [-0.1, -0.05) is 18.2 Å². The number of hydrogen-bond acceptors (Lipinski definition) is 9. The molecule has 0 bridgehead atoms. The van der Waals surface area contributed by atoms with Gasteiger partial charge in [0, 0.05) is 26.3 Å². The lowest BCUT2D eigenvalue weighted by atomic mass is 10.2. The lowest BCUT2D eigenvalue weighted by Gasteiger charge is -2.24. The second-order valence-corrected chi connectivity index (χ2v) is 15.7. The average molecular weight is 761 g/mol. The first-order valence-corrected chi connectivity index (χ1v) is 17.6. The molecule has 260 valence electrons. The zero-order valence-electron chi connectivity index (χ0n) is 27.6. The van der Waals surface area contributed by atoms with Crippen LogP contribution in [0.15, 0.2) is 56.9 Å². The molecule has 0 saturated heterocycles. The highest BCUT2D eigenvalue weighted by atomic mass is 79.9. The van der Waals surface area contributed by atoms with Gasteiger partial charge in [-0.3, -0.25) is 18.6 Å². The number of nitrogens with one attached hydrogen (secondary N) is 1. The number of fused-ring (bicyclic) bond motifs is 3. The Balaban J connectivity index is 1.59. The van der Waals surface area contributed by atoms with Gasteiger partial charge in [0.15, 0.2) is 11.4 Å². The molecule has 0 aliphatic heterocycles. The number of hydrogen-bond donors (Lipinski definition) is 1. The van der Waals surface area contributed by atoms with Crippen molar-refractivity contribution in [3.63, 3.8) is 0 Å². The number of benzene rings is 1. The number of aryl methyl sites for hydroxylation is 2. The normalized spacial score (nSPS) is 18.4. The van der Waals surface area contributed by atoms with E-state index < -0.39 is 51.5 Å². The number of alkyl carbamates (subject to hydrolysis) is 1. The Labute approximate surface area is 289 Å². The van der Waals surface area contributed by atoms with Crippen LogP contribution in [0.5, 0.6) is 0 Å². The summed E-state index contributed by atoms with van der Waals surface area (Å²) >= 11 is 3.58. The van der Waals surface area contributed by atoms with Gasteiger partial charge in [0.2, 0.25) is 5.95 Å². The van der Waals surface area contributed by atoms with Gasteiger partial charge in [-0.25, -0.2) is 27.0 Å². The highest BCUT2D eigenvalue weighted by Gasteiger charge is 2.41. The monoisotopic (exact) mass is 759 g/mol. The van der Waals surface area contributed by atoms with Crippen molar-refractivity contribution in [3.05, 3.63) is 63.6 Å². The van der Waals surface area contributed by atoms with Crippen molar-refractivity contribution in [1.29, 1.82) is 0 Å². The average Bonchev–Trinajstić information content (AvgIpc) is 3.72. The second kappa shape index (κ2) is 12.5. The molecule has 1 amide bonds. The van der Waals surface area contributed by atoms with E-state index in [0.717, 1.165) is 3.97 Å². The third kappa shape index (κ3) is 6.18. The highest BCUT2D eigenvalue weighted by molar-refractivity contribution is 9.10. The van der Waals surface area contributed by atoms with Gasteiger partial charge in [-0.2, -0.15) is 4.39 Å². The maximum Gasteiger partial charge on any atom is 0.407 e. The Morgan fingerprint density at radius 2 is 1.84 bits per heavy atom. The molecule has 17 heteroatoms. The van der Waals surface area contributed by atoms with Gasteiger partial charge in [-0.15, -0.1) is 5.10 Å². The maximum atomic E-state index is 15.4.